The second-order valence-corrected chi connectivity index (χ2v) is 6.25. The lowest BCUT2D eigenvalue weighted by Gasteiger charge is -2.13. The van der Waals surface area contributed by atoms with Gasteiger partial charge in [0.15, 0.2) is 0 Å². The van der Waals surface area contributed by atoms with Gasteiger partial charge in [-0.3, -0.25) is 5.10 Å². The first-order valence-electron chi connectivity index (χ1n) is 7.31. The molecule has 0 radical (unpaired) electrons. The Kier molecular flexibility index (Phi) is 3.71. The Morgan fingerprint density at radius 2 is 1.95 bits per heavy atom. The van der Waals surface area contributed by atoms with Gasteiger partial charge in [0.25, 0.3) is 0 Å². The van der Waals surface area contributed by atoms with Gasteiger partial charge in [0.1, 0.15) is 6.26 Å². The van der Waals surface area contributed by atoms with E-state index >= 15 is 0 Å². The van der Waals surface area contributed by atoms with Crippen LogP contribution in [0.2, 0.25) is 0 Å². The quantitative estimate of drug-likeness (QED) is 0.764. The number of nitrogens with one attached hydrogen (secondary N) is 2. The summed E-state index contributed by atoms with van der Waals surface area (Å²) in [5, 5.41) is 10.5. The number of oxazole rings is 1. The zero-order valence-corrected chi connectivity index (χ0v) is 13.1. The maximum absolute atomic E-state index is 5.53. The highest BCUT2D eigenvalue weighted by atomic mass is 16.3. The molecular formula is C17H20N4O. The summed E-state index contributed by atoms with van der Waals surface area (Å²) in [5.74, 6) is 0.671. The van der Waals surface area contributed by atoms with Crippen molar-refractivity contribution in [1.82, 2.24) is 15.2 Å². The molecule has 5 heteroatoms. The Morgan fingerprint density at radius 1 is 1.18 bits per heavy atom. The van der Waals surface area contributed by atoms with Crippen LogP contribution in [0.1, 0.15) is 32.4 Å². The van der Waals surface area contributed by atoms with Crippen molar-refractivity contribution in [2.45, 2.75) is 32.7 Å². The summed E-state index contributed by atoms with van der Waals surface area (Å²) in [6.45, 7) is 6.87. The summed E-state index contributed by atoms with van der Waals surface area (Å²) < 4.78 is 5.53. The lowest BCUT2D eigenvalue weighted by atomic mass is 9.93. The van der Waals surface area contributed by atoms with E-state index in [1.807, 2.05) is 30.3 Å². The molecule has 2 aromatic heterocycles. The minimum Gasteiger partial charge on any atom is -0.447 e. The maximum atomic E-state index is 5.53. The molecule has 0 unspecified atom stereocenters. The Morgan fingerprint density at radius 3 is 2.64 bits per heavy atom. The van der Waals surface area contributed by atoms with Gasteiger partial charge in [-0.15, -0.1) is 0 Å². The highest BCUT2D eigenvalue weighted by molar-refractivity contribution is 5.73. The van der Waals surface area contributed by atoms with E-state index in [2.05, 4.69) is 41.3 Å². The normalized spacial score (nSPS) is 11.6. The SMILES string of the molecule is CC(C)(C)c1coc(CNc2cn[nH]c2-c2ccccc2)n1. The van der Waals surface area contributed by atoms with Gasteiger partial charge in [-0.1, -0.05) is 51.1 Å². The molecule has 0 atom stereocenters. The topological polar surface area (TPSA) is 66.7 Å². The van der Waals surface area contributed by atoms with Crippen LogP contribution >= 0.6 is 0 Å². The number of anilines is 1. The zero-order chi connectivity index (χ0) is 15.6. The summed E-state index contributed by atoms with van der Waals surface area (Å²) in [6.07, 6.45) is 3.50. The smallest absolute Gasteiger partial charge is 0.213 e. The first-order valence-corrected chi connectivity index (χ1v) is 7.31. The Hall–Kier alpha value is -2.56. The second-order valence-electron chi connectivity index (χ2n) is 6.25. The van der Waals surface area contributed by atoms with Crippen molar-refractivity contribution in [3.63, 3.8) is 0 Å². The van der Waals surface area contributed by atoms with E-state index in [-0.39, 0.29) is 5.41 Å². The average Bonchev–Trinajstić information content (AvgIpc) is 3.14. The van der Waals surface area contributed by atoms with Gasteiger partial charge in [-0.2, -0.15) is 5.10 Å². The fourth-order valence-electron chi connectivity index (χ4n) is 2.15. The summed E-state index contributed by atoms with van der Waals surface area (Å²) >= 11 is 0. The third kappa shape index (κ3) is 3.03. The Labute approximate surface area is 129 Å². The van der Waals surface area contributed by atoms with E-state index < -0.39 is 0 Å². The monoisotopic (exact) mass is 296 g/mol. The standard InChI is InChI=1S/C17H20N4O/c1-17(2,3)14-11-22-15(20-14)10-18-13-9-19-21-16(13)12-7-5-4-6-8-12/h4-9,11,18H,10H2,1-3H3,(H,19,21). The van der Waals surface area contributed by atoms with Crippen LogP contribution in [0, 0.1) is 0 Å². The van der Waals surface area contributed by atoms with Crippen molar-refractivity contribution < 1.29 is 4.42 Å². The summed E-state index contributed by atoms with van der Waals surface area (Å²) in [7, 11) is 0. The molecule has 0 aliphatic carbocycles. The molecule has 1 aromatic carbocycles. The van der Waals surface area contributed by atoms with Crippen LogP contribution in [0.4, 0.5) is 5.69 Å². The van der Waals surface area contributed by atoms with Crippen LogP contribution in [0.15, 0.2) is 47.2 Å². The number of aromatic amines is 1. The van der Waals surface area contributed by atoms with E-state index in [0.717, 1.165) is 22.6 Å². The van der Waals surface area contributed by atoms with Crippen molar-refractivity contribution in [2.24, 2.45) is 0 Å². The number of nitrogens with zero attached hydrogens (tertiary/aromatic N) is 2. The van der Waals surface area contributed by atoms with Crippen molar-refractivity contribution in [1.29, 1.82) is 0 Å². The summed E-state index contributed by atoms with van der Waals surface area (Å²) in [6, 6.07) is 10.1. The third-order valence-electron chi connectivity index (χ3n) is 3.45. The molecule has 0 saturated carbocycles. The summed E-state index contributed by atoms with van der Waals surface area (Å²) in [4.78, 5) is 4.52. The predicted molar refractivity (Wildman–Crippen MR) is 86.6 cm³/mol. The molecule has 0 amide bonds. The summed E-state index contributed by atoms with van der Waals surface area (Å²) in [5.41, 5.74) is 3.93. The van der Waals surface area contributed by atoms with Crippen LogP contribution in [0.5, 0.6) is 0 Å². The van der Waals surface area contributed by atoms with E-state index in [4.69, 9.17) is 4.42 Å². The van der Waals surface area contributed by atoms with Crippen molar-refractivity contribution in [3.05, 3.63) is 54.4 Å². The number of hydrogen-bond donors (Lipinski definition) is 2. The van der Waals surface area contributed by atoms with E-state index in [9.17, 15) is 0 Å². The number of aromatic nitrogens is 3. The van der Waals surface area contributed by atoms with Gasteiger partial charge in [0.05, 0.1) is 29.8 Å². The fraction of sp³-hybridized carbons (Fsp3) is 0.294. The van der Waals surface area contributed by atoms with Gasteiger partial charge in [-0.25, -0.2) is 4.98 Å². The van der Waals surface area contributed by atoms with Gasteiger partial charge in [0, 0.05) is 11.0 Å². The Bertz CT molecular complexity index is 737. The van der Waals surface area contributed by atoms with E-state index in [1.54, 1.807) is 12.5 Å². The van der Waals surface area contributed by atoms with Gasteiger partial charge in [-0.05, 0) is 0 Å². The largest absolute Gasteiger partial charge is 0.447 e. The Balaban J connectivity index is 1.73. The minimum atomic E-state index is -0.00735. The maximum Gasteiger partial charge on any atom is 0.213 e. The number of hydrogen-bond acceptors (Lipinski definition) is 4. The van der Waals surface area contributed by atoms with Crippen LogP contribution in [-0.4, -0.2) is 15.2 Å². The van der Waals surface area contributed by atoms with Crippen LogP contribution in [-0.2, 0) is 12.0 Å². The first-order chi connectivity index (χ1) is 10.5. The molecule has 0 bridgehead atoms. The minimum absolute atomic E-state index is 0.00735. The molecule has 3 rings (SSSR count). The van der Waals surface area contributed by atoms with E-state index in [0.29, 0.717) is 12.4 Å². The molecule has 5 nitrogen and oxygen atoms in total. The fourth-order valence-corrected chi connectivity index (χ4v) is 2.15. The molecule has 2 N–H and O–H groups in total. The molecule has 0 aliphatic rings. The zero-order valence-electron chi connectivity index (χ0n) is 13.1. The average molecular weight is 296 g/mol. The third-order valence-corrected chi connectivity index (χ3v) is 3.45. The molecule has 2 heterocycles. The highest BCUT2D eigenvalue weighted by Gasteiger charge is 2.18. The molecule has 0 spiro atoms. The molecule has 0 saturated heterocycles. The molecule has 0 aliphatic heterocycles. The van der Waals surface area contributed by atoms with Crippen LogP contribution in [0.25, 0.3) is 11.3 Å². The number of H-pyrrole nitrogens is 1. The highest BCUT2D eigenvalue weighted by Crippen LogP contribution is 2.26. The second kappa shape index (κ2) is 5.67. The number of rotatable bonds is 4. The number of benzene rings is 1. The van der Waals surface area contributed by atoms with Gasteiger partial charge >= 0.3 is 0 Å². The van der Waals surface area contributed by atoms with Gasteiger partial charge < -0.3 is 9.73 Å². The van der Waals surface area contributed by atoms with Crippen molar-refractivity contribution in [2.75, 3.05) is 5.32 Å². The van der Waals surface area contributed by atoms with E-state index in [1.165, 1.54) is 0 Å². The molecule has 3 aromatic rings. The van der Waals surface area contributed by atoms with Crippen molar-refractivity contribution >= 4 is 5.69 Å². The van der Waals surface area contributed by atoms with Crippen LogP contribution in [0.3, 0.4) is 0 Å². The first kappa shape index (κ1) is 14.4. The lowest BCUT2D eigenvalue weighted by molar-refractivity contribution is 0.499. The molecule has 114 valence electrons. The van der Waals surface area contributed by atoms with Crippen molar-refractivity contribution in [3.8, 4) is 11.3 Å². The van der Waals surface area contributed by atoms with Gasteiger partial charge in [0.2, 0.25) is 5.89 Å². The van der Waals surface area contributed by atoms with Crippen LogP contribution < -0.4 is 5.32 Å². The molecule has 22 heavy (non-hydrogen) atoms. The molecular weight excluding hydrogens is 276 g/mol. The lowest BCUT2D eigenvalue weighted by Crippen LogP contribution is -2.11. The predicted octanol–water partition coefficient (Wildman–Crippen LogP) is 3.97. The molecule has 0 fully saturated rings.